The van der Waals surface area contributed by atoms with E-state index in [1.54, 1.807) is 11.8 Å². The van der Waals surface area contributed by atoms with Crippen LogP contribution in [-0.4, -0.2) is 35.0 Å². The number of carbonyl (C=O) groups is 1. The lowest BCUT2D eigenvalue weighted by Gasteiger charge is -2.28. The van der Waals surface area contributed by atoms with Gasteiger partial charge in [0.15, 0.2) is 0 Å². The fourth-order valence-corrected chi connectivity index (χ4v) is 2.65. The van der Waals surface area contributed by atoms with Crippen LogP contribution >= 0.6 is 0 Å². The smallest absolute Gasteiger partial charge is 0.338 e. The predicted molar refractivity (Wildman–Crippen MR) is 79.5 cm³/mol. The molecule has 1 aliphatic rings. The molecule has 114 valence electrons. The van der Waals surface area contributed by atoms with Crippen LogP contribution in [0.3, 0.4) is 0 Å². The Morgan fingerprint density at radius 3 is 2.82 bits per heavy atom. The number of nitrogens with zero attached hydrogens (tertiary/aromatic N) is 3. The number of fused-ring (bicyclic) bond motifs is 1. The number of para-hydroxylation sites is 1. The van der Waals surface area contributed by atoms with Crippen LogP contribution in [-0.2, 0) is 9.53 Å². The van der Waals surface area contributed by atoms with E-state index in [0.29, 0.717) is 23.0 Å². The van der Waals surface area contributed by atoms with Crippen molar-refractivity contribution >= 4 is 11.9 Å². The number of benzene rings is 1. The highest BCUT2D eigenvalue weighted by Crippen LogP contribution is 2.38. The van der Waals surface area contributed by atoms with Crippen molar-refractivity contribution < 1.29 is 14.3 Å². The summed E-state index contributed by atoms with van der Waals surface area (Å²) in [5, 5.41) is 7.31. The van der Waals surface area contributed by atoms with E-state index in [2.05, 4.69) is 15.4 Å². The third-order valence-electron chi connectivity index (χ3n) is 3.63. The fourth-order valence-electron chi connectivity index (χ4n) is 2.65. The summed E-state index contributed by atoms with van der Waals surface area (Å²) >= 11 is 0. The van der Waals surface area contributed by atoms with Crippen LogP contribution in [0.1, 0.15) is 18.5 Å². The largest absolute Gasteiger partial charge is 0.496 e. The van der Waals surface area contributed by atoms with Crippen molar-refractivity contribution in [3.8, 4) is 5.75 Å². The molecule has 0 spiro atoms. The first-order valence-corrected chi connectivity index (χ1v) is 6.76. The van der Waals surface area contributed by atoms with Crippen molar-refractivity contribution in [3.05, 3.63) is 47.4 Å². The van der Waals surface area contributed by atoms with Gasteiger partial charge in [-0.05, 0) is 13.0 Å². The fraction of sp³-hybridized carbons (Fsp3) is 0.267. The van der Waals surface area contributed by atoms with E-state index in [-0.39, 0.29) is 0 Å². The van der Waals surface area contributed by atoms with E-state index in [1.165, 1.54) is 13.4 Å². The molecule has 0 saturated carbocycles. The van der Waals surface area contributed by atoms with Gasteiger partial charge in [0.05, 0.1) is 19.8 Å². The average molecular weight is 300 g/mol. The lowest BCUT2D eigenvalue weighted by atomic mass is 9.95. The number of hydrogen-bond acceptors (Lipinski definition) is 6. The maximum absolute atomic E-state index is 12.3. The standard InChI is InChI=1S/C15H16N4O3/c1-9-12(14(20)22-3)13(19-15(18-9)16-8-17-19)10-6-4-5-7-11(10)21-2/h4-8,13H,1-3H3,(H,16,17,18)/t13-/m1/s1. The molecule has 0 saturated heterocycles. The summed E-state index contributed by atoms with van der Waals surface area (Å²) in [6.07, 6.45) is 1.44. The summed E-state index contributed by atoms with van der Waals surface area (Å²) in [6.45, 7) is 1.81. The van der Waals surface area contributed by atoms with Crippen molar-refractivity contribution in [2.24, 2.45) is 0 Å². The minimum Gasteiger partial charge on any atom is -0.496 e. The van der Waals surface area contributed by atoms with E-state index in [0.717, 1.165) is 5.56 Å². The number of nitrogens with one attached hydrogen (secondary N) is 1. The van der Waals surface area contributed by atoms with Crippen LogP contribution in [0.5, 0.6) is 5.75 Å². The number of carbonyl (C=O) groups excluding carboxylic acids is 1. The molecule has 22 heavy (non-hydrogen) atoms. The highest BCUT2D eigenvalue weighted by molar-refractivity contribution is 5.92. The molecule has 3 rings (SSSR count). The summed E-state index contributed by atoms with van der Waals surface area (Å²) in [4.78, 5) is 16.4. The molecular weight excluding hydrogens is 284 g/mol. The molecule has 1 aromatic carbocycles. The third kappa shape index (κ3) is 2.11. The van der Waals surface area contributed by atoms with Crippen molar-refractivity contribution in [3.63, 3.8) is 0 Å². The SMILES string of the molecule is COC(=O)C1=C(C)Nc2ncnn2[C@@H]1c1ccccc1OC. The number of rotatable bonds is 3. The molecular formula is C15H16N4O3. The van der Waals surface area contributed by atoms with Gasteiger partial charge in [-0.15, -0.1) is 0 Å². The van der Waals surface area contributed by atoms with E-state index < -0.39 is 12.0 Å². The van der Waals surface area contributed by atoms with E-state index in [9.17, 15) is 4.79 Å². The number of hydrogen-bond donors (Lipinski definition) is 1. The molecule has 1 atom stereocenters. The highest BCUT2D eigenvalue weighted by Gasteiger charge is 2.35. The molecule has 1 N–H and O–H groups in total. The summed E-state index contributed by atoms with van der Waals surface area (Å²) in [5.41, 5.74) is 1.98. The van der Waals surface area contributed by atoms with E-state index in [4.69, 9.17) is 9.47 Å². The molecule has 7 heteroatoms. The molecule has 1 aromatic heterocycles. The molecule has 2 aromatic rings. The topological polar surface area (TPSA) is 78.3 Å². The quantitative estimate of drug-likeness (QED) is 0.870. The number of allylic oxidation sites excluding steroid dienone is 1. The first-order valence-electron chi connectivity index (χ1n) is 6.76. The molecule has 0 radical (unpaired) electrons. The lowest BCUT2D eigenvalue weighted by molar-refractivity contribution is -0.136. The normalized spacial score (nSPS) is 16.8. The molecule has 0 bridgehead atoms. The highest BCUT2D eigenvalue weighted by atomic mass is 16.5. The minimum atomic E-state index is -0.456. The van der Waals surface area contributed by atoms with Gasteiger partial charge >= 0.3 is 5.97 Å². The summed E-state index contributed by atoms with van der Waals surface area (Å²) in [7, 11) is 2.95. The van der Waals surface area contributed by atoms with Crippen molar-refractivity contribution in [2.75, 3.05) is 19.5 Å². The molecule has 2 heterocycles. The Bertz CT molecular complexity index is 751. The second kappa shape index (κ2) is 5.51. The number of anilines is 1. The minimum absolute atomic E-state index is 0.415. The second-order valence-electron chi connectivity index (χ2n) is 4.83. The molecule has 0 aliphatic carbocycles. The van der Waals surface area contributed by atoms with Crippen LogP contribution in [0.2, 0.25) is 0 Å². The van der Waals surface area contributed by atoms with Gasteiger partial charge in [0.2, 0.25) is 5.95 Å². The monoisotopic (exact) mass is 300 g/mol. The van der Waals surface area contributed by atoms with Crippen LogP contribution in [0, 0.1) is 0 Å². The van der Waals surface area contributed by atoms with Gasteiger partial charge in [-0.1, -0.05) is 18.2 Å². The number of esters is 1. The second-order valence-corrected chi connectivity index (χ2v) is 4.83. The zero-order chi connectivity index (χ0) is 15.7. The lowest BCUT2D eigenvalue weighted by Crippen LogP contribution is -2.29. The Labute approximate surface area is 127 Å². The Hall–Kier alpha value is -2.83. The van der Waals surface area contributed by atoms with Gasteiger partial charge in [0.1, 0.15) is 18.1 Å². The number of methoxy groups -OCH3 is 2. The predicted octanol–water partition coefficient (Wildman–Crippen LogP) is 1.75. The van der Waals surface area contributed by atoms with Gasteiger partial charge in [0.25, 0.3) is 0 Å². The Morgan fingerprint density at radius 1 is 1.32 bits per heavy atom. The Balaban J connectivity index is 2.23. The van der Waals surface area contributed by atoms with E-state index in [1.807, 2.05) is 31.2 Å². The summed E-state index contributed by atoms with van der Waals surface area (Å²) in [5.74, 6) is 0.827. The van der Waals surface area contributed by atoms with Crippen LogP contribution in [0.25, 0.3) is 0 Å². The van der Waals surface area contributed by atoms with Gasteiger partial charge in [-0.3, -0.25) is 0 Å². The van der Waals surface area contributed by atoms with Crippen LogP contribution in [0.15, 0.2) is 41.9 Å². The van der Waals surface area contributed by atoms with Gasteiger partial charge < -0.3 is 14.8 Å². The summed E-state index contributed by atoms with van der Waals surface area (Å²) in [6, 6.07) is 7.05. The first-order chi connectivity index (χ1) is 10.7. The molecule has 7 nitrogen and oxygen atoms in total. The van der Waals surface area contributed by atoms with Crippen LogP contribution in [0.4, 0.5) is 5.95 Å². The maximum atomic E-state index is 12.3. The van der Waals surface area contributed by atoms with E-state index >= 15 is 0 Å². The van der Waals surface area contributed by atoms with Crippen molar-refractivity contribution in [1.82, 2.24) is 14.8 Å². The number of ether oxygens (including phenoxy) is 2. The van der Waals surface area contributed by atoms with Crippen molar-refractivity contribution in [2.45, 2.75) is 13.0 Å². The Morgan fingerprint density at radius 2 is 2.09 bits per heavy atom. The Kier molecular flexibility index (Phi) is 3.54. The van der Waals surface area contributed by atoms with Gasteiger partial charge in [-0.2, -0.15) is 10.1 Å². The third-order valence-corrected chi connectivity index (χ3v) is 3.63. The average Bonchev–Trinajstić information content (AvgIpc) is 3.00. The molecule has 0 fully saturated rings. The van der Waals surface area contributed by atoms with Gasteiger partial charge in [-0.25, -0.2) is 9.48 Å². The zero-order valence-corrected chi connectivity index (χ0v) is 12.5. The van der Waals surface area contributed by atoms with Gasteiger partial charge in [0, 0.05) is 11.3 Å². The first kappa shape index (κ1) is 14.1. The summed E-state index contributed by atoms with van der Waals surface area (Å²) < 4.78 is 12.0. The van der Waals surface area contributed by atoms with Crippen LogP contribution < -0.4 is 10.1 Å². The molecule has 1 aliphatic heterocycles. The zero-order valence-electron chi connectivity index (χ0n) is 12.5. The maximum Gasteiger partial charge on any atom is 0.338 e. The molecule has 0 amide bonds. The number of aromatic nitrogens is 3. The van der Waals surface area contributed by atoms with Crippen molar-refractivity contribution in [1.29, 1.82) is 0 Å². The molecule has 0 unspecified atom stereocenters.